The Labute approximate surface area is 115 Å². The standard InChI is InChI=1S/C15H22N2O2/c1-18-11-12-19-15-7-5-14(6-8-15)13-17-10-4-2-3-9-16/h5-8,17H,2-4,10-13H2,1H3. The first-order valence-corrected chi connectivity index (χ1v) is 6.65. The largest absolute Gasteiger partial charge is 0.491 e. The topological polar surface area (TPSA) is 54.3 Å². The highest BCUT2D eigenvalue weighted by atomic mass is 16.5. The lowest BCUT2D eigenvalue weighted by Gasteiger charge is -2.07. The minimum atomic E-state index is 0.576. The highest BCUT2D eigenvalue weighted by Crippen LogP contribution is 2.11. The summed E-state index contributed by atoms with van der Waals surface area (Å²) in [6, 6.07) is 10.2. The zero-order valence-corrected chi connectivity index (χ0v) is 11.5. The molecular weight excluding hydrogens is 240 g/mol. The first kappa shape index (κ1) is 15.5. The maximum absolute atomic E-state index is 8.41. The van der Waals surface area contributed by atoms with Gasteiger partial charge in [-0.3, -0.25) is 0 Å². The van der Waals surface area contributed by atoms with Crippen molar-refractivity contribution in [2.45, 2.75) is 25.8 Å². The third kappa shape index (κ3) is 7.45. The van der Waals surface area contributed by atoms with E-state index in [0.717, 1.165) is 31.7 Å². The number of nitrogens with zero attached hydrogens (tertiary/aromatic N) is 1. The summed E-state index contributed by atoms with van der Waals surface area (Å²) in [5.74, 6) is 0.870. The number of ether oxygens (including phenoxy) is 2. The lowest BCUT2D eigenvalue weighted by molar-refractivity contribution is 0.146. The van der Waals surface area contributed by atoms with E-state index in [1.165, 1.54) is 5.56 Å². The van der Waals surface area contributed by atoms with Gasteiger partial charge in [-0.2, -0.15) is 5.26 Å². The molecule has 104 valence electrons. The molecule has 0 saturated carbocycles. The van der Waals surface area contributed by atoms with Gasteiger partial charge >= 0.3 is 0 Å². The monoisotopic (exact) mass is 262 g/mol. The Hall–Kier alpha value is -1.57. The number of nitrogens with one attached hydrogen (secondary N) is 1. The minimum Gasteiger partial charge on any atom is -0.491 e. The first-order valence-electron chi connectivity index (χ1n) is 6.65. The lowest BCUT2D eigenvalue weighted by Crippen LogP contribution is -2.14. The van der Waals surface area contributed by atoms with Crippen LogP contribution in [0.5, 0.6) is 5.75 Å². The number of rotatable bonds is 10. The summed E-state index contributed by atoms with van der Waals surface area (Å²) < 4.78 is 10.4. The molecule has 0 aliphatic rings. The van der Waals surface area contributed by atoms with E-state index in [2.05, 4.69) is 23.5 Å². The number of methoxy groups -OCH3 is 1. The van der Waals surface area contributed by atoms with Crippen molar-refractivity contribution in [1.29, 1.82) is 5.26 Å². The van der Waals surface area contributed by atoms with Crippen molar-refractivity contribution in [2.24, 2.45) is 0 Å². The van der Waals surface area contributed by atoms with Crippen molar-refractivity contribution in [3.8, 4) is 11.8 Å². The molecule has 1 aromatic carbocycles. The molecule has 0 radical (unpaired) electrons. The van der Waals surface area contributed by atoms with Crippen LogP contribution >= 0.6 is 0 Å². The molecule has 0 bridgehead atoms. The van der Waals surface area contributed by atoms with Gasteiger partial charge in [0.2, 0.25) is 0 Å². The van der Waals surface area contributed by atoms with Crippen LogP contribution in [0.3, 0.4) is 0 Å². The molecule has 0 fully saturated rings. The van der Waals surface area contributed by atoms with Crippen LogP contribution in [0.1, 0.15) is 24.8 Å². The van der Waals surface area contributed by atoms with Gasteiger partial charge in [0, 0.05) is 20.1 Å². The Bertz CT molecular complexity index is 371. The molecule has 0 unspecified atom stereocenters. The fraction of sp³-hybridized carbons (Fsp3) is 0.533. The molecular formula is C15H22N2O2. The maximum atomic E-state index is 8.41. The number of unbranched alkanes of at least 4 members (excludes halogenated alkanes) is 2. The highest BCUT2D eigenvalue weighted by molar-refractivity contribution is 5.27. The Morgan fingerprint density at radius 2 is 1.95 bits per heavy atom. The minimum absolute atomic E-state index is 0.576. The van der Waals surface area contributed by atoms with Crippen molar-refractivity contribution in [3.63, 3.8) is 0 Å². The van der Waals surface area contributed by atoms with Gasteiger partial charge in [-0.1, -0.05) is 12.1 Å². The Morgan fingerprint density at radius 3 is 2.63 bits per heavy atom. The molecule has 0 aliphatic carbocycles. The zero-order chi connectivity index (χ0) is 13.8. The van der Waals surface area contributed by atoms with E-state index in [1.54, 1.807) is 7.11 Å². The summed E-state index contributed by atoms with van der Waals surface area (Å²) in [5, 5.41) is 11.8. The van der Waals surface area contributed by atoms with Crippen molar-refractivity contribution in [2.75, 3.05) is 26.9 Å². The second-order valence-electron chi connectivity index (χ2n) is 4.28. The Balaban J connectivity index is 2.15. The van der Waals surface area contributed by atoms with E-state index < -0.39 is 0 Å². The fourth-order valence-corrected chi connectivity index (χ4v) is 1.63. The smallest absolute Gasteiger partial charge is 0.119 e. The van der Waals surface area contributed by atoms with Gasteiger partial charge in [0.05, 0.1) is 12.7 Å². The molecule has 4 nitrogen and oxygen atoms in total. The molecule has 19 heavy (non-hydrogen) atoms. The van der Waals surface area contributed by atoms with Crippen LogP contribution in [-0.4, -0.2) is 26.9 Å². The van der Waals surface area contributed by atoms with Gasteiger partial charge in [0.25, 0.3) is 0 Å². The molecule has 1 rings (SSSR count). The van der Waals surface area contributed by atoms with E-state index in [4.69, 9.17) is 14.7 Å². The summed E-state index contributed by atoms with van der Waals surface area (Å²) in [6.07, 6.45) is 2.66. The van der Waals surface area contributed by atoms with Gasteiger partial charge < -0.3 is 14.8 Å². The van der Waals surface area contributed by atoms with E-state index in [9.17, 15) is 0 Å². The molecule has 0 aliphatic heterocycles. The molecule has 0 heterocycles. The molecule has 0 aromatic heterocycles. The zero-order valence-electron chi connectivity index (χ0n) is 11.5. The fourth-order valence-electron chi connectivity index (χ4n) is 1.63. The van der Waals surface area contributed by atoms with Gasteiger partial charge in [0.15, 0.2) is 0 Å². The summed E-state index contributed by atoms with van der Waals surface area (Å²) in [4.78, 5) is 0. The summed E-state index contributed by atoms with van der Waals surface area (Å²) in [7, 11) is 1.66. The Morgan fingerprint density at radius 1 is 1.16 bits per heavy atom. The first-order chi connectivity index (χ1) is 9.36. The molecule has 0 saturated heterocycles. The predicted molar refractivity (Wildman–Crippen MR) is 75.0 cm³/mol. The van der Waals surface area contributed by atoms with Gasteiger partial charge in [0.1, 0.15) is 12.4 Å². The van der Waals surface area contributed by atoms with Gasteiger partial charge in [-0.15, -0.1) is 0 Å². The van der Waals surface area contributed by atoms with Crippen molar-refractivity contribution in [3.05, 3.63) is 29.8 Å². The average Bonchev–Trinajstić information content (AvgIpc) is 2.44. The van der Waals surface area contributed by atoms with Crippen LogP contribution in [0.4, 0.5) is 0 Å². The number of benzene rings is 1. The van der Waals surface area contributed by atoms with E-state index in [1.807, 2.05) is 12.1 Å². The highest BCUT2D eigenvalue weighted by Gasteiger charge is 1.96. The second kappa shape index (κ2) is 10.4. The molecule has 4 heteroatoms. The van der Waals surface area contributed by atoms with Crippen molar-refractivity contribution >= 4 is 0 Å². The summed E-state index contributed by atoms with van der Waals surface area (Å²) in [5.41, 5.74) is 1.24. The number of nitriles is 1. The molecule has 1 N–H and O–H groups in total. The average molecular weight is 262 g/mol. The Kier molecular flexibility index (Phi) is 8.45. The third-order valence-electron chi connectivity index (χ3n) is 2.70. The summed E-state index contributed by atoms with van der Waals surface area (Å²) in [6.45, 7) is 2.98. The molecule has 0 atom stereocenters. The molecule has 0 spiro atoms. The SMILES string of the molecule is COCCOc1ccc(CNCCCCC#N)cc1. The van der Waals surface area contributed by atoms with E-state index in [0.29, 0.717) is 19.6 Å². The lowest BCUT2D eigenvalue weighted by atomic mass is 10.2. The number of hydrogen-bond donors (Lipinski definition) is 1. The van der Waals surface area contributed by atoms with Crippen LogP contribution in [0.2, 0.25) is 0 Å². The van der Waals surface area contributed by atoms with Crippen molar-refractivity contribution in [1.82, 2.24) is 5.32 Å². The van der Waals surface area contributed by atoms with Crippen LogP contribution in [0.15, 0.2) is 24.3 Å². The number of hydrogen-bond acceptors (Lipinski definition) is 4. The van der Waals surface area contributed by atoms with Crippen LogP contribution < -0.4 is 10.1 Å². The van der Waals surface area contributed by atoms with E-state index >= 15 is 0 Å². The quantitative estimate of drug-likeness (QED) is 0.658. The van der Waals surface area contributed by atoms with Crippen molar-refractivity contribution < 1.29 is 9.47 Å². The van der Waals surface area contributed by atoms with E-state index in [-0.39, 0.29) is 0 Å². The molecule has 0 amide bonds. The van der Waals surface area contributed by atoms with Crippen LogP contribution in [0.25, 0.3) is 0 Å². The molecule has 1 aromatic rings. The van der Waals surface area contributed by atoms with Gasteiger partial charge in [-0.05, 0) is 37.1 Å². The summed E-state index contributed by atoms with van der Waals surface area (Å²) >= 11 is 0. The van der Waals surface area contributed by atoms with Gasteiger partial charge in [-0.25, -0.2) is 0 Å². The second-order valence-corrected chi connectivity index (χ2v) is 4.28. The normalized spacial score (nSPS) is 10.1. The third-order valence-corrected chi connectivity index (χ3v) is 2.70. The maximum Gasteiger partial charge on any atom is 0.119 e. The van der Waals surface area contributed by atoms with Crippen LogP contribution in [0, 0.1) is 11.3 Å². The predicted octanol–water partition coefficient (Wildman–Crippen LogP) is 2.50. The van der Waals surface area contributed by atoms with Crippen LogP contribution in [-0.2, 0) is 11.3 Å².